The summed E-state index contributed by atoms with van der Waals surface area (Å²) in [6, 6.07) is 18.1. The molecule has 27 heavy (non-hydrogen) atoms. The zero-order valence-electron chi connectivity index (χ0n) is 14.9. The summed E-state index contributed by atoms with van der Waals surface area (Å²) in [6.45, 7) is 2.59. The first-order chi connectivity index (χ1) is 13.1. The van der Waals surface area contributed by atoms with Gasteiger partial charge in [0, 0.05) is 12.1 Å². The van der Waals surface area contributed by atoms with Gasteiger partial charge in [-0.3, -0.25) is 9.69 Å². The van der Waals surface area contributed by atoms with E-state index in [1.54, 1.807) is 4.90 Å². The summed E-state index contributed by atoms with van der Waals surface area (Å²) in [5.74, 6) is 0.852. The summed E-state index contributed by atoms with van der Waals surface area (Å²) in [5.41, 5.74) is 3.21. The van der Waals surface area contributed by atoms with Crippen LogP contribution in [0.5, 0.6) is 5.75 Å². The van der Waals surface area contributed by atoms with Crippen LogP contribution in [0.2, 0.25) is 0 Å². The number of benzene rings is 2. The highest BCUT2D eigenvalue weighted by Crippen LogP contribution is 2.35. The molecule has 2 aromatic carbocycles. The minimum Gasteiger partial charge on any atom is -0.485 e. The highest BCUT2D eigenvalue weighted by Gasteiger charge is 2.32. The molecule has 4 rings (SSSR count). The van der Waals surface area contributed by atoms with Crippen molar-refractivity contribution in [2.45, 2.75) is 19.4 Å². The Balaban J connectivity index is 1.52. The van der Waals surface area contributed by atoms with Gasteiger partial charge in [0.25, 0.3) is 5.91 Å². The Kier molecular flexibility index (Phi) is 5.14. The number of thiocarbonyl (C=S) groups is 1. The van der Waals surface area contributed by atoms with Crippen molar-refractivity contribution in [1.29, 1.82) is 0 Å². The quantitative estimate of drug-likeness (QED) is 0.549. The van der Waals surface area contributed by atoms with Gasteiger partial charge in [-0.25, -0.2) is 0 Å². The summed E-state index contributed by atoms with van der Waals surface area (Å²) in [6.07, 6.45) is 4.69. The lowest BCUT2D eigenvalue weighted by molar-refractivity contribution is -0.122. The van der Waals surface area contributed by atoms with Gasteiger partial charge in [0.15, 0.2) is 0 Å². The molecule has 2 aromatic rings. The predicted molar refractivity (Wildman–Crippen MR) is 115 cm³/mol. The zero-order chi connectivity index (χ0) is 18.8. The van der Waals surface area contributed by atoms with Gasteiger partial charge in [-0.2, -0.15) is 0 Å². The molecule has 0 aliphatic carbocycles. The molecule has 0 spiro atoms. The molecule has 1 unspecified atom stereocenters. The van der Waals surface area contributed by atoms with E-state index in [2.05, 4.69) is 18.2 Å². The van der Waals surface area contributed by atoms with Gasteiger partial charge in [-0.1, -0.05) is 72.5 Å². The van der Waals surface area contributed by atoms with Gasteiger partial charge in [0.05, 0.1) is 4.91 Å². The molecule has 0 aromatic heterocycles. The first kappa shape index (κ1) is 18.0. The van der Waals surface area contributed by atoms with E-state index in [9.17, 15) is 4.79 Å². The normalized spacial score (nSPS) is 20.5. The number of hydrogen-bond acceptors (Lipinski definition) is 4. The highest BCUT2D eigenvalue weighted by atomic mass is 32.2. The third kappa shape index (κ3) is 3.84. The lowest BCUT2D eigenvalue weighted by atomic mass is 10.0. The van der Waals surface area contributed by atoms with Crippen molar-refractivity contribution >= 4 is 40.3 Å². The largest absolute Gasteiger partial charge is 0.485 e. The van der Waals surface area contributed by atoms with Crippen LogP contribution in [0.4, 0.5) is 0 Å². The number of nitrogens with zero attached hydrogens (tertiary/aromatic N) is 1. The summed E-state index contributed by atoms with van der Waals surface area (Å²) < 4.78 is 6.59. The van der Waals surface area contributed by atoms with Crippen molar-refractivity contribution < 1.29 is 9.53 Å². The van der Waals surface area contributed by atoms with E-state index in [1.807, 2.05) is 55.5 Å². The van der Waals surface area contributed by atoms with E-state index in [0.717, 1.165) is 23.3 Å². The van der Waals surface area contributed by atoms with Crippen molar-refractivity contribution in [3.05, 3.63) is 82.3 Å². The van der Waals surface area contributed by atoms with Crippen LogP contribution in [0.15, 0.2) is 71.2 Å². The molecule has 0 radical (unpaired) electrons. The molecule has 2 heterocycles. The maximum atomic E-state index is 12.8. The molecule has 1 saturated heterocycles. The molecule has 1 atom stereocenters. The Bertz CT molecular complexity index is 950. The van der Waals surface area contributed by atoms with Gasteiger partial charge in [-0.15, -0.1) is 0 Å². The van der Waals surface area contributed by atoms with E-state index in [0.29, 0.717) is 15.8 Å². The lowest BCUT2D eigenvalue weighted by Gasteiger charge is -2.23. The summed E-state index contributed by atoms with van der Waals surface area (Å²) >= 11 is 6.81. The van der Waals surface area contributed by atoms with Crippen molar-refractivity contribution in [1.82, 2.24) is 4.90 Å². The Hall–Kier alpha value is -2.37. The second-order valence-corrected chi connectivity index (χ2v) is 8.19. The van der Waals surface area contributed by atoms with Crippen molar-refractivity contribution in [3.8, 4) is 5.75 Å². The highest BCUT2D eigenvalue weighted by molar-refractivity contribution is 8.26. The van der Waals surface area contributed by atoms with Gasteiger partial charge in [0.1, 0.15) is 16.2 Å². The van der Waals surface area contributed by atoms with Crippen LogP contribution in [-0.2, 0) is 11.2 Å². The number of carbonyl (C=O) groups excluding carboxylic acids is 1. The number of ether oxygens (including phenoxy) is 1. The van der Waals surface area contributed by atoms with Crippen LogP contribution in [0.3, 0.4) is 0 Å². The molecule has 0 N–H and O–H groups in total. The maximum absolute atomic E-state index is 12.8. The second kappa shape index (κ2) is 7.71. The first-order valence-electron chi connectivity index (χ1n) is 8.88. The molecule has 1 fully saturated rings. The third-order valence-electron chi connectivity index (χ3n) is 4.65. The Morgan fingerprint density at radius 2 is 1.89 bits per heavy atom. The minimum absolute atomic E-state index is 0.0205. The fraction of sp³-hybridized carbons (Fsp3) is 0.182. The van der Waals surface area contributed by atoms with Crippen LogP contribution >= 0.6 is 24.0 Å². The van der Waals surface area contributed by atoms with Crippen LogP contribution in [-0.4, -0.2) is 27.8 Å². The van der Waals surface area contributed by atoms with Gasteiger partial charge in [0.2, 0.25) is 0 Å². The molecule has 3 nitrogen and oxygen atoms in total. The monoisotopic (exact) mass is 393 g/mol. The van der Waals surface area contributed by atoms with Gasteiger partial charge >= 0.3 is 0 Å². The number of carbonyl (C=O) groups is 1. The topological polar surface area (TPSA) is 29.5 Å². The van der Waals surface area contributed by atoms with E-state index in [4.69, 9.17) is 17.0 Å². The Labute approximate surface area is 168 Å². The number of hydrogen-bond donors (Lipinski definition) is 0. The molecule has 136 valence electrons. The molecule has 0 saturated carbocycles. The number of thioether (sulfide) groups is 1. The second-order valence-electron chi connectivity index (χ2n) is 6.51. The third-order valence-corrected chi connectivity index (χ3v) is 6.03. The molecular formula is C22H19NO2S2. The standard InChI is InChI=1S/C22H19NO2S2/c1-15-18(13-17-9-5-6-10-19(17)25-15)14-20-21(24)23(22(26)27-20)12-11-16-7-3-2-4-8-16/h2-10,13-15H,11-12H2,1H3/b20-14-. The number of amides is 1. The van der Waals surface area contributed by atoms with E-state index in [1.165, 1.54) is 17.3 Å². The Morgan fingerprint density at radius 1 is 1.15 bits per heavy atom. The summed E-state index contributed by atoms with van der Waals surface area (Å²) in [4.78, 5) is 15.2. The predicted octanol–water partition coefficient (Wildman–Crippen LogP) is 4.84. The molecule has 2 aliphatic heterocycles. The van der Waals surface area contributed by atoms with Crippen molar-refractivity contribution in [2.75, 3.05) is 6.54 Å². The fourth-order valence-electron chi connectivity index (χ4n) is 3.15. The van der Waals surface area contributed by atoms with Crippen LogP contribution < -0.4 is 4.74 Å². The number of rotatable bonds is 4. The summed E-state index contributed by atoms with van der Waals surface area (Å²) in [5, 5.41) is 0. The van der Waals surface area contributed by atoms with Crippen LogP contribution in [0, 0.1) is 0 Å². The van der Waals surface area contributed by atoms with Gasteiger partial charge in [-0.05, 0) is 42.7 Å². The molecule has 2 aliphatic rings. The number of fused-ring (bicyclic) bond motifs is 1. The SMILES string of the molecule is CC1Oc2ccccc2C=C1/C=C1\SC(=S)N(CCc2ccccc2)C1=O. The van der Waals surface area contributed by atoms with Crippen molar-refractivity contribution in [2.24, 2.45) is 0 Å². The zero-order valence-corrected chi connectivity index (χ0v) is 16.6. The molecular weight excluding hydrogens is 374 g/mol. The van der Waals surface area contributed by atoms with E-state index < -0.39 is 0 Å². The van der Waals surface area contributed by atoms with Gasteiger partial charge < -0.3 is 4.74 Å². The Morgan fingerprint density at radius 3 is 2.70 bits per heavy atom. The number of para-hydroxylation sites is 1. The van der Waals surface area contributed by atoms with Crippen molar-refractivity contribution in [3.63, 3.8) is 0 Å². The summed E-state index contributed by atoms with van der Waals surface area (Å²) in [7, 11) is 0. The molecule has 0 bridgehead atoms. The average molecular weight is 394 g/mol. The fourth-order valence-corrected chi connectivity index (χ4v) is 4.46. The van der Waals surface area contributed by atoms with E-state index >= 15 is 0 Å². The van der Waals surface area contributed by atoms with Crippen LogP contribution in [0.25, 0.3) is 6.08 Å². The minimum atomic E-state index is -0.104. The smallest absolute Gasteiger partial charge is 0.266 e. The lowest BCUT2D eigenvalue weighted by Crippen LogP contribution is -2.30. The average Bonchev–Trinajstić information content (AvgIpc) is 2.94. The van der Waals surface area contributed by atoms with Crippen LogP contribution in [0.1, 0.15) is 18.1 Å². The molecule has 1 amide bonds. The van der Waals surface area contributed by atoms with E-state index in [-0.39, 0.29) is 12.0 Å². The molecule has 5 heteroatoms. The first-order valence-corrected chi connectivity index (χ1v) is 10.1. The maximum Gasteiger partial charge on any atom is 0.266 e.